The quantitative estimate of drug-likeness (QED) is 0.785. The topological polar surface area (TPSA) is 53.5 Å². The zero-order chi connectivity index (χ0) is 12.4. The van der Waals surface area contributed by atoms with Gasteiger partial charge in [-0.25, -0.2) is 0 Å². The first kappa shape index (κ1) is 11.7. The summed E-state index contributed by atoms with van der Waals surface area (Å²) in [6.45, 7) is 6.61. The van der Waals surface area contributed by atoms with Crippen LogP contribution in [0.25, 0.3) is 0 Å². The standard InChI is InChI=1S/C12H19N5O/c1-18-12-7-14-6-11(15-12)17-8-10(9-17)16-4-2-13-3-5-16/h6-7,10,13H,2-5,8-9H2,1H3. The van der Waals surface area contributed by atoms with Gasteiger partial charge in [-0.2, -0.15) is 4.98 Å². The van der Waals surface area contributed by atoms with Gasteiger partial charge in [-0.15, -0.1) is 0 Å². The lowest BCUT2D eigenvalue weighted by Gasteiger charge is -2.47. The first-order valence-corrected chi connectivity index (χ1v) is 6.42. The summed E-state index contributed by atoms with van der Waals surface area (Å²) in [5.74, 6) is 1.50. The van der Waals surface area contributed by atoms with Gasteiger partial charge in [-0.3, -0.25) is 9.88 Å². The van der Waals surface area contributed by atoms with Crippen LogP contribution in [0.4, 0.5) is 5.82 Å². The van der Waals surface area contributed by atoms with E-state index in [1.54, 1.807) is 19.5 Å². The maximum atomic E-state index is 5.10. The molecule has 0 saturated carbocycles. The lowest BCUT2D eigenvalue weighted by molar-refractivity contribution is 0.147. The van der Waals surface area contributed by atoms with Gasteiger partial charge in [0.25, 0.3) is 0 Å². The molecule has 2 aliphatic heterocycles. The Kier molecular flexibility index (Phi) is 3.29. The van der Waals surface area contributed by atoms with E-state index in [1.807, 2.05) is 0 Å². The summed E-state index contributed by atoms with van der Waals surface area (Å²) >= 11 is 0. The van der Waals surface area contributed by atoms with E-state index in [4.69, 9.17) is 4.74 Å². The van der Waals surface area contributed by atoms with Gasteiger partial charge in [0.2, 0.25) is 5.88 Å². The highest BCUT2D eigenvalue weighted by Crippen LogP contribution is 2.22. The highest BCUT2D eigenvalue weighted by molar-refractivity contribution is 5.41. The number of hydrogen-bond donors (Lipinski definition) is 1. The lowest BCUT2D eigenvalue weighted by atomic mass is 10.1. The smallest absolute Gasteiger partial charge is 0.233 e. The van der Waals surface area contributed by atoms with E-state index in [0.717, 1.165) is 45.1 Å². The largest absolute Gasteiger partial charge is 0.480 e. The van der Waals surface area contributed by atoms with Gasteiger partial charge >= 0.3 is 0 Å². The van der Waals surface area contributed by atoms with Crippen LogP contribution in [0.5, 0.6) is 5.88 Å². The Morgan fingerprint density at radius 2 is 2.06 bits per heavy atom. The molecule has 0 bridgehead atoms. The number of anilines is 1. The molecule has 0 amide bonds. The van der Waals surface area contributed by atoms with Crippen molar-refractivity contribution in [1.82, 2.24) is 20.2 Å². The number of nitrogens with one attached hydrogen (secondary N) is 1. The normalized spacial score (nSPS) is 21.7. The molecule has 0 aromatic carbocycles. The van der Waals surface area contributed by atoms with Gasteiger partial charge in [-0.1, -0.05) is 0 Å². The van der Waals surface area contributed by atoms with Gasteiger partial charge in [0.15, 0.2) is 5.82 Å². The van der Waals surface area contributed by atoms with Crippen molar-refractivity contribution in [3.8, 4) is 5.88 Å². The second kappa shape index (κ2) is 5.07. The number of piperazine rings is 1. The van der Waals surface area contributed by atoms with Gasteiger partial charge in [-0.05, 0) is 0 Å². The van der Waals surface area contributed by atoms with Crippen LogP contribution >= 0.6 is 0 Å². The Morgan fingerprint density at radius 1 is 1.28 bits per heavy atom. The second-order valence-corrected chi connectivity index (χ2v) is 4.76. The van der Waals surface area contributed by atoms with Crippen LogP contribution in [0.1, 0.15) is 0 Å². The second-order valence-electron chi connectivity index (χ2n) is 4.76. The zero-order valence-corrected chi connectivity index (χ0v) is 10.7. The molecule has 2 aliphatic rings. The summed E-state index contributed by atoms with van der Waals surface area (Å²) in [6.07, 6.45) is 3.44. The molecule has 3 rings (SSSR count). The molecule has 6 heteroatoms. The first-order valence-electron chi connectivity index (χ1n) is 6.42. The minimum absolute atomic E-state index is 0.582. The van der Waals surface area contributed by atoms with Crippen molar-refractivity contribution in [2.45, 2.75) is 6.04 Å². The number of hydrogen-bond acceptors (Lipinski definition) is 6. The Labute approximate surface area is 107 Å². The molecule has 3 heterocycles. The van der Waals surface area contributed by atoms with E-state index in [1.165, 1.54) is 0 Å². The van der Waals surface area contributed by atoms with E-state index in [0.29, 0.717) is 11.9 Å². The molecule has 0 unspecified atom stereocenters. The van der Waals surface area contributed by atoms with Gasteiger partial charge in [0.1, 0.15) is 0 Å². The van der Waals surface area contributed by atoms with Crippen molar-refractivity contribution in [3.63, 3.8) is 0 Å². The molecule has 6 nitrogen and oxygen atoms in total. The highest BCUT2D eigenvalue weighted by Gasteiger charge is 2.33. The van der Waals surface area contributed by atoms with E-state index >= 15 is 0 Å². The summed E-state index contributed by atoms with van der Waals surface area (Å²) < 4.78 is 5.10. The summed E-state index contributed by atoms with van der Waals surface area (Å²) in [7, 11) is 1.62. The Bertz CT molecular complexity index is 401. The molecule has 1 N–H and O–H groups in total. The third-order valence-corrected chi connectivity index (χ3v) is 3.66. The van der Waals surface area contributed by atoms with E-state index in [9.17, 15) is 0 Å². The first-order chi connectivity index (χ1) is 8.86. The Hall–Kier alpha value is -1.40. The number of rotatable bonds is 3. The molecule has 2 fully saturated rings. The van der Waals surface area contributed by atoms with Crippen molar-refractivity contribution < 1.29 is 4.74 Å². The highest BCUT2D eigenvalue weighted by atomic mass is 16.5. The van der Waals surface area contributed by atoms with Gasteiger partial charge in [0.05, 0.1) is 19.5 Å². The fourth-order valence-electron chi connectivity index (χ4n) is 2.51. The Balaban J connectivity index is 1.57. The third kappa shape index (κ3) is 2.26. The van der Waals surface area contributed by atoms with Crippen molar-refractivity contribution in [2.75, 3.05) is 51.3 Å². The summed E-state index contributed by atoms with van der Waals surface area (Å²) in [6, 6.07) is 0.667. The summed E-state index contributed by atoms with van der Waals surface area (Å²) in [5, 5.41) is 3.38. The average molecular weight is 249 g/mol. The fraction of sp³-hybridized carbons (Fsp3) is 0.667. The minimum Gasteiger partial charge on any atom is -0.480 e. The molecule has 1 aromatic rings. The third-order valence-electron chi connectivity index (χ3n) is 3.66. The number of methoxy groups -OCH3 is 1. The SMILES string of the molecule is COc1cncc(N2CC(N3CCNCC3)C2)n1. The van der Waals surface area contributed by atoms with Gasteiger partial charge in [0, 0.05) is 45.3 Å². The van der Waals surface area contributed by atoms with E-state index in [2.05, 4.69) is 25.1 Å². The zero-order valence-electron chi connectivity index (χ0n) is 10.7. The van der Waals surface area contributed by atoms with Crippen LogP contribution in [-0.4, -0.2) is 67.3 Å². The van der Waals surface area contributed by atoms with Crippen LogP contribution in [0.3, 0.4) is 0 Å². The predicted molar refractivity (Wildman–Crippen MR) is 69.0 cm³/mol. The van der Waals surface area contributed by atoms with Gasteiger partial charge < -0.3 is 15.0 Å². The molecular formula is C12H19N5O. The molecule has 0 aliphatic carbocycles. The number of aromatic nitrogens is 2. The van der Waals surface area contributed by atoms with Crippen molar-refractivity contribution in [2.24, 2.45) is 0 Å². The minimum atomic E-state index is 0.582. The van der Waals surface area contributed by atoms with Crippen LogP contribution in [0, 0.1) is 0 Å². The van der Waals surface area contributed by atoms with Crippen molar-refractivity contribution in [3.05, 3.63) is 12.4 Å². The molecule has 1 aromatic heterocycles. The van der Waals surface area contributed by atoms with E-state index < -0.39 is 0 Å². The predicted octanol–water partition coefficient (Wildman–Crippen LogP) is -0.421. The molecule has 2 saturated heterocycles. The maximum Gasteiger partial charge on any atom is 0.233 e. The maximum absolute atomic E-state index is 5.10. The molecule has 18 heavy (non-hydrogen) atoms. The molecule has 0 spiro atoms. The van der Waals surface area contributed by atoms with Crippen molar-refractivity contribution >= 4 is 5.82 Å². The van der Waals surface area contributed by atoms with E-state index in [-0.39, 0.29) is 0 Å². The average Bonchev–Trinajstić information content (AvgIpc) is 2.39. The Morgan fingerprint density at radius 3 is 2.78 bits per heavy atom. The number of ether oxygens (including phenoxy) is 1. The van der Waals surface area contributed by atoms with Crippen molar-refractivity contribution in [1.29, 1.82) is 0 Å². The lowest BCUT2D eigenvalue weighted by Crippen LogP contribution is -2.63. The van der Waals surface area contributed by atoms with Crippen LogP contribution in [0.15, 0.2) is 12.4 Å². The molecule has 0 atom stereocenters. The summed E-state index contributed by atoms with van der Waals surface area (Å²) in [4.78, 5) is 13.4. The van der Waals surface area contributed by atoms with Crippen LogP contribution in [0.2, 0.25) is 0 Å². The fourth-order valence-corrected chi connectivity index (χ4v) is 2.51. The van der Waals surface area contributed by atoms with Crippen LogP contribution < -0.4 is 15.0 Å². The number of nitrogens with zero attached hydrogens (tertiary/aromatic N) is 4. The molecule has 0 radical (unpaired) electrons. The summed E-state index contributed by atoms with van der Waals surface area (Å²) in [5.41, 5.74) is 0. The van der Waals surface area contributed by atoms with Crippen LogP contribution in [-0.2, 0) is 0 Å². The molecular weight excluding hydrogens is 230 g/mol. The monoisotopic (exact) mass is 249 g/mol. The molecule has 98 valence electrons.